The zero-order chi connectivity index (χ0) is 37.2. The Bertz CT molecular complexity index is 1420. The fourth-order valence-corrected chi connectivity index (χ4v) is 4.61. The lowest BCUT2D eigenvalue weighted by Gasteiger charge is -2.28. The number of carbonyl (C=O) groups excluding carboxylic acids is 7. The molecular weight excluding hydrogens is 654 g/mol. The molecule has 0 unspecified atom stereocenters. The first kappa shape index (κ1) is 39.8. The molecule has 0 bridgehead atoms. The molecule has 270 valence electrons. The van der Waals surface area contributed by atoms with Crippen LogP contribution in [0.1, 0.15) is 39.2 Å². The number of phenolic OH excluding ortho intramolecular Hbond substituents is 1. The lowest BCUT2D eigenvalue weighted by molar-refractivity contribution is -0.145. The van der Waals surface area contributed by atoms with E-state index >= 15 is 0 Å². The van der Waals surface area contributed by atoms with E-state index < -0.39 is 115 Å². The van der Waals surface area contributed by atoms with Gasteiger partial charge in [-0.2, -0.15) is 0 Å². The van der Waals surface area contributed by atoms with Crippen LogP contribution in [-0.4, -0.2) is 127 Å². The van der Waals surface area contributed by atoms with Gasteiger partial charge in [-0.05, 0) is 38.5 Å². The minimum atomic E-state index is -1.98. The van der Waals surface area contributed by atoms with E-state index in [1.165, 1.54) is 24.3 Å². The molecular formula is C29H41N7O13. The Morgan fingerprint density at radius 1 is 0.694 bits per heavy atom. The van der Waals surface area contributed by atoms with Crippen molar-refractivity contribution in [2.24, 2.45) is 5.73 Å². The van der Waals surface area contributed by atoms with Crippen LogP contribution in [0.5, 0.6) is 5.75 Å². The fraction of sp³-hybridized carbons (Fsp3) is 0.517. The van der Waals surface area contributed by atoms with Gasteiger partial charge in [-0.3, -0.25) is 33.6 Å². The summed E-state index contributed by atoms with van der Waals surface area (Å²) in [5.41, 5.74) is 5.64. The molecule has 9 atom stereocenters. The third kappa shape index (κ3) is 12.0. The van der Waals surface area contributed by atoms with Crippen LogP contribution in [0.4, 0.5) is 0 Å². The number of aliphatic hydroxyl groups excluding tert-OH is 3. The Morgan fingerprint density at radius 3 is 1.61 bits per heavy atom. The summed E-state index contributed by atoms with van der Waals surface area (Å²) in [7, 11) is 0. The SMILES string of the molecule is C[C@@H](O)[C@@H]1NC(=O)C[C@H](C(=O)O)NC(=O)[C@H]([C@@H](C)O)NC(=O)[C@H](Cc2ccc(O)cc2)NC(=O)[C@H](CC(N)=O)NC(=O)[C@H]([C@@H](C)O)NC1=O. The Labute approximate surface area is 279 Å². The highest BCUT2D eigenvalue weighted by atomic mass is 16.4. The molecule has 1 aliphatic rings. The van der Waals surface area contributed by atoms with Crippen molar-refractivity contribution in [1.29, 1.82) is 0 Å². The second-order valence-electron chi connectivity index (χ2n) is 11.5. The smallest absolute Gasteiger partial charge is 0.326 e. The molecule has 1 saturated heterocycles. The number of carbonyl (C=O) groups is 8. The Balaban J connectivity index is 2.65. The summed E-state index contributed by atoms with van der Waals surface area (Å²) in [5, 5.41) is 63.1. The maximum atomic E-state index is 13.5. The van der Waals surface area contributed by atoms with Gasteiger partial charge >= 0.3 is 5.97 Å². The summed E-state index contributed by atoms with van der Waals surface area (Å²) in [6.07, 6.45) is -7.16. The van der Waals surface area contributed by atoms with Gasteiger partial charge in [0.25, 0.3) is 0 Å². The Morgan fingerprint density at radius 2 is 1.12 bits per heavy atom. The summed E-state index contributed by atoms with van der Waals surface area (Å²) < 4.78 is 0. The molecule has 0 aromatic heterocycles. The molecule has 1 heterocycles. The normalized spacial score (nSPS) is 26.8. The average molecular weight is 696 g/mol. The van der Waals surface area contributed by atoms with Crippen molar-refractivity contribution in [3.05, 3.63) is 29.8 Å². The molecule has 20 heteroatoms. The summed E-state index contributed by atoms with van der Waals surface area (Å²) in [5.74, 6) is -10.1. The van der Waals surface area contributed by atoms with Crippen LogP contribution in [0.3, 0.4) is 0 Å². The van der Waals surface area contributed by atoms with Crippen LogP contribution >= 0.6 is 0 Å². The fourth-order valence-electron chi connectivity index (χ4n) is 4.61. The van der Waals surface area contributed by atoms with Gasteiger partial charge < -0.3 is 63.2 Å². The number of aliphatic hydroxyl groups is 3. The van der Waals surface area contributed by atoms with E-state index in [0.717, 1.165) is 20.8 Å². The molecule has 2 rings (SSSR count). The van der Waals surface area contributed by atoms with Crippen molar-refractivity contribution in [3.8, 4) is 5.75 Å². The van der Waals surface area contributed by atoms with E-state index in [1.54, 1.807) is 0 Å². The number of rotatable bonds is 8. The number of aromatic hydroxyl groups is 1. The lowest BCUT2D eigenvalue weighted by atomic mass is 10.0. The van der Waals surface area contributed by atoms with Crippen molar-refractivity contribution in [1.82, 2.24) is 31.9 Å². The average Bonchev–Trinajstić information content (AvgIpc) is 2.99. The molecule has 1 fully saturated rings. The minimum Gasteiger partial charge on any atom is -0.508 e. The number of nitrogens with two attached hydrogens (primary N) is 1. The quantitative estimate of drug-likeness (QED) is 0.121. The van der Waals surface area contributed by atoms with Crippen LogP contribution in [0.25, 0.3) is 0 Å². The highest BCUT2D eigenvalue weighted by Crippen LogP contribution is 2.13. The number of nitrogens with one attached hydrogen (secondary N) is 6. The number of aliphatic carboxylic acids is 1. The van der Waals surface area contributed by atoms with Crippen molar-refractivity contribution in [2.75, 3.05) is 0 Å². The van der Waals surface area contributed by atoms with Crippen molar-refractivity contribution < 1.29 is 63.9 Å². The predicted octanol–water partition coefficient (Wildman–Crippen LogP) is -5.65. The minimum absolute atomic E-state index is 0.131. The van der Waals surface area contributed by atoms with Gasteiger partial charge in [0.1, 0.15) is 42.0 Å². The first-order chi connectivity index (χ1) is 22.8. The van der Waals surface area contributed by atoms with E-state index in [4.69, 9.17) is 5.73 Å². The molecule has 1 aliphatic heterocycles. The molecule has 1 aromatic carbocycles. The summed E-state index contributed by atoms with van der Waals surface area (Å²) >= 11 is 0. The topological polar surface area (TPSA) is 336 Å². The monoisotopic (exact) mass is 695 g/mol. The van der Waals surface area contributed by atoms with Crippen molar-refractivity contribution in [2.45, 2.75) is 94.6 Å². The Hall–Kier alpha value is -5.34. The van der Waals surface area contributed by atoms with Crippen molar-refractivity contribution in [3.63, 3.8) is 0 Å². The molecule has 20 nitrogen and oxygen atoms in total. The van der Waals surface area contributed by atoms with Gasteiger partial charge in [0, 0.05) is 6.42 Å². The van der Waals surface area contributed by atoms with Gasteiger partial charge in [-0.25, -0.2) is 4.79 Å². The largest absolute Gasteiger partial charge is 0.508 e. The second kappa shape index (κ2) is 17.7. The van der Waals surface area contributed by atoms with E-state index in [1.807, 2.05) is 5.32 Å². The van der Waals surface area contributed by atoms with E-state index in [2.05, 4.69) is 26.6 Å². The molecule has 7 amide bonds. The highest BCUT2D eigenvalue weighted by molar-refractivity contribution is 5.99. The molecule has 0 aliphatic carbocycles. The van der Waals surface area contributed by atoms with Gasteiger partial charge in [-0.15, -0.1) is 0 Å². The number of benzene rings is 1. The van der Waals surface area contributed by atoms with E-state index in [0.29, 0.717) is 5.56 Å². The Kier molecular flexibility index (Phi) is 14.4. The van der Waals surface area contributed by atoms with Gasteiger partial charge in [-0.1, -0.05) is 12.1 Å². The van der Waals surface area contributed by atoms with Crippen LogP contribution in [0.2, 0.25) is 0 Å². The molecule has 1 aromatic rings. The number of hydrogen-bond donors (Lipinski definition) is 12. The summed E-state index contributed by atoms with van der Waals surface area (Å²) in [6.45, 7) is 3.24. The van der Waals surface area contributed by atoms with Crippen molar-refractivity contribution >= 4 is 47.3 Å². The van der Waals surface area contributed by atoms with Crippen LogP contribution < -0.4 is 37.6 Å². The number of amides is 7. The molecule has 49 heavy (non-hydrogen) atoms. The number of carboxylic acids is 1. The number of hydrogen-bond acceptors (Lipinski definition) is 12. The number of carboxylic acid groups (broad SMARTS) is 1. The first-order valence-electron chi connectivity index (χ1n) is 14.9. The molecule has 0 spiro atoms. The standard InChI is InChI=1S/C29H41N7O13/c1-11(37)21-28(47)36-23(13(3)39)26(45)32-17(9-19(30)41)24(43)31-16(8-14-4-6-15(40)7-5-14)25(44)35-22(12(2)38)27(46)33-18(29(48)49)10-20(42)34-21/h4-7,11-13,16-18,21-23,37-40H,8-10H2,1-3H3,(H2,30,41)(H,31,43)(H,32,45)(H,33,46)(H,34,42)(H,35,44)(H,36,47)(H,48,49)/t11-,12-,13-,16+,17+,18-,21+,22+,23+/m1/s1. The zero-order valence-corrected chi connectivity index (χ0v) is 26.7. The molecule has 0 radical (unpaired) electrons. The third-order valence-electron chi connectivity index (χ3n) is 7.26. The maximum absolute atomic E-state index is 13.5. The number of primary amides is 1. The van der Waals surface area contributed by atoms with Gasteiger partial charge in [0.05, 0.1) is 31.2 Å². The third-order valence-corrected chi connectivity index (χ3v) is 7.26. The van der Waals surface area contributed by atoms with E-state index in [9.17, 15) is 63.9 Å². The first-order valence-corrected chi connectivity index (χ1v) is 14.9. The van der Waals surface area contributed by atoms with Gasteiger partial charge in [0.15, 0.2) is 0 Å². The second-order valence-corrected chi connectivity index (χ2v) is 11.5. The number of phenols is 1. The van der Waals surface area contributed by atoms with E-state index in [-0.39, 0.29) is 12.2 Å². The maximum Gasteiger partial charge on any atom is 0.326 e. The zero-order valence-electron chi connectivity index (χ0n) is 26.7. The van der Waals surface area contributed by atoms with Crippen LogP contribution in [-0.2, 0) is 44.8 Å². The van der Waals surface area contributed by atoms with Gasteiger partial charge in [0.2, 0.25) is 41.4 Å². The predicted molar refractivity (Wildman–Crippen MR) is 165 cm³/mol. The summed E-state index contributed by atoms with van der Waals surface area (Å²) in [4.78, 5) is 103. The van der Waals surface area contributed by atoms with Crippen LogP contribution in [0, 0.1) is 0 Å². The molecule has 0 saturated carbocycles. The lowest BCUT2D eigenvalue weighted by Crippen LogP contribution is -2.62. The van der Waals surface area contributed by atoms with Crippen LogP contribution in [0.15, 0.2) is 24.3 Å². The summed E-state index contributed by atoms with van der Waals surface area (Å²) in [6, 6.07) is -5.61. The molecule has 13 N–H and O–H groups in total. The highest BCUT2D eigenvalue weighted by Gasteiger charge is 2.38.